The van der Waals surface area contributed by atoms with Crippen LogP contribution in [-0.4, -0.2) is 27.3 Å². The number of nitrogens with zero attached hydrogens (tertiary/aromatic N) is 2. The number of carbonyl (C=O) groups is 1. The molecule has 1 aromatic carbocycles. The van der Waals surface area contributed by atoms with Gasteiger partial charge < -0.3 is 16.2 Å². The molecule has 1 heterocycles. The predicted octanol–water partition coefficient (Wildman–Crippen LogP) is 2.12. The average molecular weight is 339 g/mol. The van der Waals surface area contributed by atoms with Crippen molar-refractivity contribution >= 4 is 28.6 Å². The summed E-state index contributed by atoms with van der Waals surface area (Å²) >= 11 is 6.12. The minimum Gasteiger partial charge on any atom is -0.465 e. The van der Waals surface area contributed by atoms with Crippen LogP contribution in [0.4, 0.5) is 4.79 Å². The van der Waals surface area contributed by atoms with Crippen LogP contribution in [0.25, 0.3) is 10.9 Å². The summed E-state index contributed by atoms with van der Waals surface area (Å²) in [5.41, 5.74) is 6.24. The number of nitrogens with one attached hydrogen (secondary N) is 1. The summed E-state index contributed by atoms with van der Waals surface area (Å²) in [5, 5.41) is 11.6. The standard InChI is InChI=1S/C15H19ClN4O3/c1-9(17)13-19-11-6-4-5-10(16)12(11)14(21)20(13)8-3-2-7-18-15(22)23/h4-6,9,18H,2-3,7-8,17H2,1H3,(H,22,23). The van der Waals surface area contributed by atoms with E-state index >= 15 is 0 Å². The Morgan fingerprint density at radius 1 is 1.48 bits per heavy atom. The van der Waals surface area contributed by atoms with E-state index in [4.69, 9.17) is 22.4 Å². The fourth-order valence-corrected chi connectivity index (χ4v) is 2.64. The molecule has 0 spiro atoms. The number of hydrogen-bond donors (Lipinski definition) is 3. The molecule has 0 bridgehead atoms. The highest BCUT2D eigenvalue weighted by Crippen LogP contribution is 2.20. The van der Waals surface area contributed by atoms with Crippen LogP contribution in [0.5, 0.6) is 0 Å². The lowest BCUT2D eigenvalue weighted by Crippen LogP contribution is -2.29. The maximum atomic E-state index is 12.7. The molecule has 0 saturated heterocycles. The third kappa shape index (κ3) is 4.00. The number of amides is 1. The fraction of sp³-hybridized carbons (Fsp3) is 0.400. The quantitative estimate of drug-likeness (QED) is 0.699. The zero-order valence-corrected chi connectivity index (χ0v) is 13.5. The van der Waals surface area contributed by atoms with Gasteiger partial charge in [-0.2, -0.15) is 0 Å². The van der Waals surface area contributed by atoms with Crippen LogP contribution in [-0.2, 0) is 6.54 Å². The van der Waals surface area contributed by atoms with Crippen LogP contribution >= 0.6 is 11.6 Å². The lowest BCUT2D eigenvalue weighted by molar-refractivity contribution is 0.194. The monoisotopic (exact) mass is 338 g/mol. The van der Waals surface area contributed by atoms with Crippen molar-refractivity contribution in [3.05, 3.63) is 39.4 Å². The molecule has 1 amide bonds. The van der Waals surface area contributed by atoms with Crippen molar-refractivity contribution in [2.24, 2.45) is 5.73 Å². The lowest BCUT2D eigenvalue weighted by atomic mass is 10.2. The Bertz CT molecular complexity index is 773. The van der Waals surface area contributed by atoms with Gasteiger partial charge in [0.1, 0.15) is 5.82 Å². The largest absolute Gasteiger partial charge is 0.465 e. The van der Waals surface area contributed by atoms with Gasteiger partial charge in [0, 0.05) is 13.1 Å². The van der Waals surface area contributed by atoms with Gasteiger partial charge in [-0.1, -0.05) is 17.7 Å². The van der Waals surface area contributed by atoms with Gasteiger partial charge in [0.2, 0.25) is 0 Å². The first kappa shape index (κ1) is 17.2. The van der Waals surface area contributed by atoms with E-state index in [-0.39, 0.29) is 5.56 Å². The molecule has 0 aliphatic rings. The van der Waals surface area contributed by atoms with Crippen LogP contribution in [0, 0.1) is 0 Å². The molecule has 0 radical (unpaired) electrons. The molecule has 8 heteroatoms. The van der Waals surface area contributed by atoms with Crippen molar-refractivity contribution in [1.82, 2.24) is 14.9 Å². The number of aromatic nitrogens is 2. The Balaban J connectivity index is 2.31. The zero-order valence-electron chi connectivity index (χ0n) is 12.8. The number of carboxylic acid groups (broad SMARTS) is 1. The second-order valence-electron chi connectivity index (χ2n) is 5.29. The van der Waals surface area contributed by atoms with Crippen molar-refractivity contribution in [2.45, 2.75) is 32.4 Å². The lowest BCUT2D eigenvalue weighted by Gasteiger charge is -2.16. The van der Waals surface area contributed by atoms with Gasteiger partial charge in [0.15, 0.2) is 0 Å². The molecular weight excluding hydrogens is 320 g/mol. The molecule has 0 fully saturated rings. The summed E-state index contributed by atoms with van der Waals surface area (Å²) in [6.07, 6.45) is 0.174. The second-order valence-corrected chi connectivity index (χ2v) is 5.70. The first-order valence-electron chi connectivity index (χ1n) is 7.33. The highest BCUT2D eigenvalue weighted by Gasteiger charge is 2.15. The van der Waals surface area contributed by atoms with E-state index in [1.807, 2.05) is 0 Å². The molecule has 7 nitrogen and oxygen atoms in total. The molecule has 23 heavy (non-hydrogen) atoms. The van der Waals surface area contributed by atoms with Crippen LogP contribution in [0.3, 0.4) is 0 Å². The van der Waals surface area contributed by atoms with Crippen LogP contribution < -0.4 is 16.6 Å². The van der Waals surface area contributed by atoms with Gasteiger partial charge in [-0.15, -0.1) is 0 Å². The number of unbranched alkanes of at least 4 members (excludes halogenated alkanes) is 1. The summed E-state index contributed by atoms with van der Waals surface area (Å²) in [5.74, 6) is 0.496. The number of nitrogens with two attached hydrogens (primary N) is 1. The van der Waals surface area contributed by atoms with E-state index in [2.05, 4.69) is 10.3 Å². The predicted molar refractivity (Wildman–Crippen MR) is 88.9 cm³/mol. The van der Waals surface area contributed by atoms with Crippen molar-refractivity contribution in [3.8, 4) is 0 Å². The van der Waals surface area contributed by atoms with E-state index in [1.54, 1.807) is 25.1 Å². The summed E-state index contributed by atoms with van der Waals surface area (Å²) < 4.78 is 1.53. The number of halogens is 1. The summed E-state index contributed by atoms with van der Waals surface area (Å²) in [6.45, 7) is 2.51. The molecule has 2 rings (SSSR count). The normalized spacial score (nSPS) is 12.3. The third-order valence-corrected chi connectivity index (χ3v) is 3.77. The maximum absolute atomic E-state index is 12.7. The third-order valence-electron chi connectivity index (χ3n) is 3.45. The summed E-state index contributed by atoms with van der Waals surface area (Å²) in [7, 11) is 0. The highest BCUT2D eigenvalue weighted by molar-refractivity contribution is 6.35. The molecule has 0 aliphatic heterocycles. The number of hydrogen-bond acceptors (Lipinski definition) is 4. The molecule has 1 unspecified atom stereocenters. The minimum atomic E-state index is -1.06. The van der Waals surface area contributed by atoms with Gasteiger partial charge in [-0.05, 0) is 31.9 Å². The number of fused-ring (bicyclic) bond motifs is 1. The molecule has 124 valence electrons. The Kier molecular flexibility index (Phi) is 5.57. The average Bonchev–Trinajstić information content (AvgIpc) is 2.48. The second kappa shape index (κ2) is 7.43. The first-order chi connectivity index (χ1) is 10.9. The molecule has 0 aliphatic carbocycles. The van der Waals surface area contributed by atoms with Gasteiger partial charge in [-0.25, -0.2) is 9.78 Å². The Morgan fingerprint density at radius 3 is 2.87 bits per heavy atom. The topological polar surface area (TPSA) is 110 Å². The van der Waals surface area contributed by atoms with E-state index < -0.39 is 12.1 Å². The van der Waals surface area contributed by atoms with Crippen LogP contribution in [0.2, 0.25) is 5.02 Å². The van der Waals surface area contributed by atoms with Gasteiger partial charge >= 0.3 is 6.09 Å². The van der Waals surface area contributed by atoms with E-state index in [1.165, 1.54) is 4.57 Å². The van der Waals surface area contributed by atoms with Crippen molar-refractivity contribution < 1.29 is 9.90 Å². The van der Waals surface area contributed by atoms with Gasteiger partial charge in [-0.3, -0.25) is 9.36 Å². The van der Waals surface area contributed by atoms with E-state index in [9.17, 15) is 9.59 Å². The molecule has 4 N–H and O–H groups in total. The zero-order chi connectivity index (χ0) is 17.0. The summed E-state index contributed by atoms with van der Waals surface area (Å²) in [4.78, 5) is 27.6. The smallest absolute Gasteiger partial charge is 0.404 e. The SMILES string of the molecule is CC(N)c1nc2cccc(Cl)c2c(=O)n1CCCCNC(=O)O. The van der Waals surface area contributed by atoms with E-state index in [0.717, 1.165) is 0 Å². The van der Waals surface area contributed by atoms with Gasteiger partial charge in [0.25, 0.3) is 5.56 Å². The minimum absolute atomic E-state index is 0.223. The van der Waals surface area contributed by atoms with Gasteiger partial charge in [0.05, 0.1) is 22.0 Å². The first-order valence-corrected chi connectivity index (χ1v) is 7.71. The fourth-order valence-electron chi connectivity index (χ4n) is 2.39. The molecular formula is C15H19ClN4O3. The molecule has 0 saturated carbocycles. The van der Waals surface area contributed by atoms with Crippen LogP contribution in [0.15, 0.2) is 23.0 Å². The molecule has 2 aromatic rings. The van der Waals surface area contributed by atoms with Crippen molar-refractivity contribution in [3.63, 3.8) is 0 Å². The van der Waals surface area contributed by atoms with Crippen LogP contribution in [0.1, 0.15) is 31.6 Å². The Hall–Kier alpha value is -2.12. The molecule has 1 aromatic heterocycles. The highest BCUT2D eigenvalue weighted by atomic mass is 35.5. The maximum Gasteiger partial charge on any atom is 0.404 e. The van der Waals surface area contributed by atoms with Crippen molar-refractivity contribution in [1.29, 1.82) is 0 Å². The van der Waals surface area contributed by atoms with E-state index in [0.29, 0.717) is 47.7 Å². The number of rotatable bonds is 6. The summed E-state index contributed by atoms with van der Waals surface area (Å²) in [6, 6.07) is 4.72. The Morgan fingerprint density at radius 2 is 2.22 bits per heavy atom. The number of benzene rings is 1. The molecule has 1 atom stereocenters. The van der Waals surface area contributed by atoms with Crippen molar-refractivity contribution in [2.75, 3.05) is 6.54 Å². The Labute approximate surface area is 138 Å².